The second kappa shape index (κ2) is 3.18. The molecule has 0 aliphatic carbocycles. The van der Waals surface area contributed by atoms with Crippen LogP contribution in [0.15, 0.2) is 0 Å². The molecule has 1 aliphatic rings. The Kier molecular flexibility index (Phi) is 2.49. The maximum atomic E-state index is 9.12. The molecule has 2 heteroatoms. The number of aliphatic hydroxyl groups is 1. The van der Waals surface area contributed by atoms with Crippen molar-refractivity contribution < 1.29 is 9.84 Å². The van der Waals surface area contributed by atoms with Crippen molar-refractivity contribution in [2.45, 2.75) is 25.9 Å². The average Bonchev–Trinajstić information content (AvgIpc) is 1.90. The Morgan fingerprint density at radius 2 is 2.00 bits per heavy atom. The van der Waals surface area contributed by atoms with Gasteiger partial charge in [0.05, 0.1) is 6.10 Å². The minimum absolute atomic E-state index is 0.145. The van der Waals surface area contributed by atoms with E-state index in [0.717, 1.165) is 26.1 Å². The summed E-state index contributed by atoms with van der Waals surface area (Å²) in [6.45, 7) is 3.51. The fourth-order valence-corrected chi connectivity index (χ4v) is 1.20. The van der Waals surface area contributed by atoms with Crippen LogP contribution in [-0.2, 0) is 4.74 Å². The van der Waals surface area contributed by atoms with Crippen LogP contribution in [0.2, 0.25) is 0 Å². The number of aliphatic hydroxyl groups excluding tert-OH is 1. The van der Waals surface area contributed by atoms with Gasteiger partial charge < -0.3 is 9.84 Å². The lowest BCUT2D eigenvalue weighted by molar-refractivity contribution is 0.0152. The molecule has 1 atom stereocenters. The van der Waals surface area contributed by atoms with Gasteiger partial charge in [-0.1, -0.05) is 0 Å². The van der Waals surface area contributed by atoms with Gasteiger partial charge in [-0.3, -0.25) is 0 Å². The number of hydrogen-bond acceptors (Lipinski definition) is 2. The van der Waals surface area contributed by atoms with Crippen LogP contribution in [0.4, 0.5) is 0 Å². The van der Waals surface area contributed by atoms with E-state index in [1.54, 1.807) is 0 Å². The molecule has 0 amide bonds. The van der Waals surface area contributed by atoms with E-state index in [-0.39, 0.29) is 6.10 Å². The highest BCUT2D eigenvalue weighted by Gasteiger charge is 2.17. The lowest BCUT2D eigenvalue weighted by Crippen LogP contribution is -2.24. The van der Waals surface area contributed by atoms with Gasteiger partial charge in [0.15, 0.2) is 0 Å². The van der Waals surface area contributed by atoms with Crippen LogP contribution >= 0.6 is 0 Å². The highest BCUT2D eigenvalue weighted by molar-refractivity contribution is 4.67. The van der Waals surface area contributed by atoms with E-state index in [1.807, 2.05) is 6.92 Å². The molecule has 0 aromatic heterocycles. The quantitative estimate of drug-likeness (QED) is 0.568. The van der Waals surface area contributed by atoms with Gasteiger partial charge in [-0.05, 0) is 25.7 Å². The van der Waals surface area contributed by atoms with Crippen LogP contribution in [0.5, 0.6) is 0 Å². The molecular weight excluding hydrogens is 116 g/mol. The summed E-state index contributed by atoms with van der Waals surface area (Å²) in [5, 5.41) is 9.12. The van der Waals surface area contributed by atoms with Crippen LogP contribution in [0.3, 0.4) is 0 Å². The summed E-state index contributed by atoms with van der Waals surface area (Å²) in [7, 11) is 0. The highest BCUT2D eigenvalue weighted by Crippen LogP contribution is 2.17. The van der Waals surface area contributed by atoms with Crippen molar-refractivity contribution in [3.63, 3.8) is 0 Å². The summed E-state index contributed by atoms with van der Waals surface area (Å²) in [5.74, 6) is 0.485. The molecule has 0 unspecified atom stereocenters. The Labute approximate surface area is 55.8 Å². The lowest BCUT2D eigenvalue weighted by atomic mass is 9.95. The van der Waals surface area contributed by atoms with Crippen LogP contribution in [0.25, 0.3) is 0 Å². The van der Waals surface area contributed by atoms with E-state index < -0.39 is 0 Å². The summed E-state index contributed by atoms with van der Waals surface area (Å²) in [6, 6.07) is 0. The normalized spacial score (nSPS) is 26.0. The van der Waals surface area contributed by atoms with E-state index in [0.29, 0.717) is 5.92 Å². The van der Waals surface area contributed by atoms with Gasteiger partial charge in [0.2, 0.25) is 0 Å². The number of rotatable bonds is 1. The monoisotopic (exact) mass is 130 g/mol. The molecule has 2 nitrogen and oxygen atoms in total. The Morgan fingerprint density at radius 3 is 2.33 bits per heavy atom. The van der Waals surface area contributed by atoms with Crippen molar-refractivity contribution >= 4 is 0 Å². The van der Waals surface area contributed by atoms with Gasteiger partial charge in [-0.25, -0.2) is 0 Å². The number of ether oxygens (including phenoxy) is 1. The summed E-state index contributed by atoms with van der Waals surface area (Å²) >= 11 is 0. The fourth-order valence-electron chi connectivity index (χ4n) is 1.20. The molecule has 0 bridgehead atoms. The molecule has 1 rings (SSSR count). The van der Waals surface area contributed by atoms with Crippen LogP contribution in [0, 0.1) is 5.92 Å². The first-order chi connectivity index (χ1) is 4.30. The smallest absolute Gasteiger partial charge is 0.0541 e. The SMILES string of the molecule is C[C@H](O)C1CCOCC1. The summed E-state index contributed by atoms with van der Waals surface area (Å²) in [5.41, 5.74) is 0. The molecule has 1 saturated heterocycles. The van der Waals surface area contributed by atoms with E-state index in [1.165, 1.54) is 0 Å². The van der Waals surface area contributed by atoms with Crippen molar-refractivity contribution in [1.29, 1.82) is 0 Å². The minimum Gasteiger partial charge on any atom is -0.393 e. The van der Waals surface area contributed by atoms with Gasteiger partial charge in [0.25, 0.3) is 0 Å². The molecule has 9 heavy (non-hydrogen) atoms. The Hall–Kier alpha value is -0.0800. The molecule has 0 aromatic rings. The lowest BCUT2D eigenvalue weighted by Gasteiger charge is -2.23. The Balaban J connectivity index is 2.23. The third kappa shape index (κ3) is 1.95. The zero-order valence-corrected chi connectivity index (χ0v) is 5.84. The highest BCUT2D eigenvalue weighted by atomic mass is 16.5. The van der Waals surface area contributed by atoms with Gasteiger partial charge >= 0.3 is 0 Å². The third-order valence-electron chi connectivity index (χ3n) is 1.95. The second-order valence-corrected chi connectivity index (χ2v) is 2.69. The average molecular weight is 130 g/mol. The van der Waals surface area contributed by atoms with Crippen molar-refractivity contribution in [3.8, 4) is 0 Å². The summed E-state index contributed by atoms with van der Waals surface area (Å²) in [6.07, 6.45) is 1.91. The van der Waals surface area contributed by atoms with Gasteiger partial charge in [0.1, 0.15) is 0 Å². The molecule has 1 heterocycles. The van der Waals surface area contributed by atoms with E-state index in [9.17, 15) is 0 Å². The van der Waals surface area contributed by atoms with Crippen molar-refractivity contribution in [1.82, 2.24) is 0 Å². The molecule has 1 aliphatic heterocycles. The van der Waals surface area contributed by atoms with Gasteiger partial charge in [0, 0.05) is 13.2 Å². The summed E-state index contributed by atoms with van der Waals surface area (Å²) < 4.78 is 5.14. The molecule has 0 radical (unpaired) electrons. The third-order valence-corrected chi connectivity index (χ3v) is 1.95. The minimum atomic E-state index is -0.145. The van der Waals surface area contributed by atoms with Gasteiger partial charge in [-0.2, -0.15) is 0 Å². The van der Waals surface area contributed by atoms with Gasteiger partial charge in [-0.15, -0.1) is 0 Å². The molecule has 0 saturated carbocycles. The van der Waals surface area contributed by atoms with E-state index in [2.05, 4.69) is 0 Å². The first-order valence-corrected chi connectivity index (χ1v) is 3.56. The standard InChI is InChI=1S/C7H14O2/c1-6(8)7-2-4-9-5-3-7/h6-8H,2-5H2,1H3/t6-/m0/s1. The maximum absolute atomic E-state index is 9.12. The summed E-state index contributed by atoms with van der Waals surface area (Å²) in [4.78, 5) is 0. The first kappa shape index (κ1) is 7.03. The van der Waals surface area contributed by atoms with E-state index >= 15 is 0 Å². The molecule has 0 spiro atoms. The van der Waals surface area contributed by atoms with Crippen LogP contribution in [0.1, 0.15) is 19.8 Å². The molecule has 0 aromatic carbocycles. The second-order valence-electron chi connectivity index (χ2n) is 2.69. The molecular formula is C7H14O2. The first-order valence-electron chi connectivity index (χ1n) is 3.56. The zero-order chi connectivity index (χ0) is 6.69. The predicted molar refractivity (Wildman–Crippen MR) is 35.2 cm³/mol. The van der Waals surface area contributed by atoms with Crippen LogP contribution < -0.4 is 0 Å². The van der Waals surface area contributed by atoms with Crippen LogP contribution in [-0.4, -0.2) is 24.4 Å². The largest absolute Gasteiger partial charge is 0.393 e. The molecule has 54 valence electrons. The topological polar surface area (TPSA) is 29.5 Å². The zero-order valence-electron chi connectivity index (χ0n) is 5.84. The Bertz CT molecular complexity index is 75.0. The molecule has 1 fully saturated rings. The van der Waals surface area contributed by atoms with Crippen molar-refractivity contribution in [2.75, 3.05) is 13.2 Å². The Morgan fingerprint density at radius 1 is 1.44 bits per heavy atom. The number of hydrogen-bond donors (Lipinski definition) is 1. The van der Waals surface area contributed by atoms with E-state index in [4.69, 9.17) is 9.84 Å². The maximum Gasteiger partial charge on any atom is 0.0541 e. The van der Waals surface area contributed by atoms with Crippen molar-refractivity contribution in [3.05, 3.63) is 0 Å². The molecule has 1 N–H and O–H groups in total. The van der Waals surface area contributed by atoms with Crippen molar-refractivity contribution in [2.24, 2.45) is 5.92 Å². The predicted octanol–water partition coefficient (Wildman–Crippen LogP) is 0.794. The fraction of sp³-hybridized carbons (Fsp3) is 1.00.